The quantitative estimate of drug-likeness (QED) is 0.747. The number of benzene rings is 1. The van der Waals surface area contributed by atoms with Gasteiger partial charge in [0.15, 0.2) is 0 Å². The monoisotopic (exact) mass is 376 g/mol. The molecule has 0 aliphatic heterocycles. The number of aryl methyl sites for hydroxylation is 3. The molecule has 0 aliphatic rings. The van der Waals surface area contributed by atoms with E-state index >= 15 is 0 Å². The second-order valence-electron chi connectivity index (χ2n) is 5.51. The van der Waals surface area contributed by atoms with Crippen LogP contribution in [0.15, 0.2) is 28.7 Å². The van der Waals surface area contributed by atoms with Crippen LogP contribution in [0.1, 0.15) is 29.8 Å². The van der Waals surface area contributed by atoms with Gasteiger partial charge in [-0.2, -0.15) is 0 Å². The van der Waals surface area contributed by atoms with Crippen molar-refractivity contribution >= 4 is 33.5 Å². The van der Waals surface area contributed by atoms with Crippen LogP contribution in [0.3, 0.4) is 0 Å². The third-order valence-electron chi connectivity index (χ3n) is 3.31. The summed E-state index contributed by atoms with van der Waals surface area (Å²) in [5.41, 5.74) is 3.75. The molecule has 0 aliphatic carbocycles. The molecule has 122 valence electrons. The maximum Gasteiger partial charge on any atom is 0.224 e. The number of aromatic nitrogens is 2. The van der Waals surface area contributed by atoms with Gasteiger partial charge >= 0.3 is 0 Å². The van der Waals surface area contributed by atoms with Gasteiger partial charge in [0.05, 0.1) is 0 Å². The SMILES string of the molecule is Cc1cc(C)nc(NCCCC(=O)Nc2ccc(Br)cc2C)n1. The average molecular weight is 377 g/mol. The fourth-order valence-corrected chi connectivity index (χ4v) is 2.71. The molecule has 0 spiro atoms. The summed E-state index contributed by atoms with van der Waals surface area (Å²) in [6, 6.07) is 7.73. The van der Waals surface area contributed by atoms with E-state index < -0.39 is 0 Å². The summed E-state index contributed by atoms with van der Waals surface area (Å²) in [6.45, 7) is 6.51. The zero-order valence-corrected chi connectivity index (χ0v) is 15.2. The maximum absolute atomic E-state index is 12.0. The van der Waals surface area contributed by atoms with E-state index in [0.29, 0.717) is 18.9 Å². The topological polar surface area (TPSA) is 66.9 Å². The van der Waals surface area contributed by atoms with Crippen molar-refractivity contribution in [1.82, 2.24) is 9.97 Å². The molecule has 23 heavy (non-hydrogen) atoms. The molecule has 0 saturated carbocycles. The molecule has 0 unspecified atom stereocenters. The molecule has 1 aromatic heterocycles. The normalized spacial score (nSPS) is 10.4. The minimum absolute atomic E-state index is 0.0126. The Morgan fingerprint density at radius 2 is 1.83 bits per heavy atom. The molecule has 2 rings (SSSR count). The lowest BCUT2D eigenvalue weighted by atomic mass is 10.2. The van der Waals surface area contributed by atoms with Crippen LogP contribution < -0.4 is 10.6 Å². The Balaban J connectivity index is 1.76. The Morgan fingerprint density at radius 1 is 1.13 bits per heavy atom. The molecule has 0 atom stereocenters. The fraction of sp³-hybridized carbons (Fsp3) is 0.353. The third kappa shape index (κ3) is 5.63. The summed E-state index contributed by atoms with van der Waals surface area (Å²) in [4.78, 5) is 20.6. The molecule has 5 nitrogen and oxygen atoms in total. The highest BCUT2D eigenvalue weighted by Crippen LogP contribution is 2.20. The second-order valence-corrected chi connectivity index (χ2v) is 6.43. The zero-order chi connectivity index (χ0) is 16.8. The van der Waals surface area contributed by atoms with Crippen LogP contribution in [0.2, 0.25) is 0 Å². The molecule has 1 heterocycles. The van der Waals surface area contributed by atoms with E-state index in [2.05, 4.69) is 36.5 Å². The molecule has 6 heteroatoms. The summed E-state index contributed by atoms with van der Waals surface area (Å²) >= 11 is 3.41. The Morgan fingerprint density at radius 3 is 2.48 bits per heavy atom. The lowest BCUT2D eigenvalue weighted by Crippen LogP contribution is -2.14. The van der Waals surface area contributed by atoms with Crippen molar-refractivity contribution in [2.45, 2.75) is 33.6 Å². The Labute approximate surface area is 145 Å². The van der Waals surface area contributed by atoms with Crippen molar-refractivity contribution in [1.29, 1.82) is 0 Å². The smallest absolute Gasteiger partial charge is 0.224 e. The van der Waals surface area contributed by atoms with Gasteiger partial charge in [-0.3, -0.25) is 4.79 Å². The summed E-state index contributed by atoms with van der Waals surface area (Å²) in [6.07, 6.45) is 1.17. The molecule has 2 N–H and O–H groups in total. The van der Waals surface area contributed by atoms with Crippen LogP contribution >= 0.6 is 15.9 Å². The van der Waals surface area contributed by atoms with Crippen LogP contribution in [0.5, 0.6) is 0 Å². The van der Waals surface area contributed by atoms with Gasteiger partial charge in [-0.25, -0.2) is 9.97 Å². The number of amides is 1. The first-order valence-corrected chi connectivity index (χ1v) is 8.35. The highest BCUT2D eigenvalue weighted by atomic mass is 79.9. The van der Waals surface area contributed by atoms with Crippen LogP contribution in [0.25, 0.3) is 0 Å². The van der Waals surface area contributed by atoms with Gasteiger partial charge in [-0.1, -0.05) is 15.9 Å². The number of hydrogen-bond donors (Lipinski definition) is 2. The van der Waals surface area contributed by atoms with E-state index in [1.165, 1.54) is 0 Å². The van der Waals surface area contributed by atoms with Crippen LogP contribution in [-0.4, -0.2) is 22.4 Å². The first-order chi connectivity index (χ1) is 10.9. The summed E-state index contributed by atoms with van der Waals surface area (Å²) < 4.78 is 1.01. The lowest BCUT2D eigenvalue weighted by Gasteiger charge is -2.09. The minimum Gasteiger partial charge on any atom is -0.354 e. The Hall–Kier alpha value is -1.95. The van der Waals surface area contributed by atoms with Gasteiger partial charge in [-0.05, 0) is 57.0 Å². The van der Waals surface area contributed by atoms with Crippen molar-refractivity contribution in [3.05, 3.63) is 45.7 Å². The molecule has 0 radical (unpaired) electrons. The number of carbonyl (C=O) groups excluding carboxylic acids is 1. The largest absolute Gasteiger partial charge is 0.354 e. The molecule has 1 aromatic carbocycles. The van der Waals surface area contributed by atoms with Gasteiger partial charge in [0, 0.05) is 34.5 Å². The number of carbonyl (C=O) groups is 1. The molecular weight excluding hydrogens is 356 g/mol. The minimum atomic E-state index is 0.0126. The van der Waals surface area contributed by atoms with Crippen LogP contribution in [-0.2, 0) is 4.79 Å². The van der Waals surface area contributed by atoms with Gasteiger partial charge in [-0.15, -0.1) is 0 Å². The van der Waals surface area contributed by atoms with E-state index in [4.69, 9.17) is 0 Å². The van der Waals surface area contributed by atoms with Crippen LogP contribution in [0, 0.1) is 20.8 Å². The summed E-state index contributed by atoms with van der Waals surface area (Å²) in [7, 11) is 0. The van der Waals surface area contributed by atoms with Crippen molar-refractivity contribution in [2.24, 2.45) is 0 Å². The summed E-state index contributed by atoms with van der Waals surface area (Å²) in [5.74, 6) is 0.630. The van der Waals surface area contributed by atoms with Gasteiger partial charge < -0.3 is 10.6 Å². The number of rotatable bonds is 6. The number of anilines is 2. The first-order valence-electron chi connectivity index (χ1n) is 7.56. The highest BCUT2D eigenvalue weighted by molar-refractivity contribution is 9.10. The standard InChI is InChI=1S/C17H21BrN4O/c1-11-9-14(18)6-7-15(11)22-16(23)5-4-8-19-17-20-12(2)10-13(3)21-17/h6-7,9-10H,4-5,8H2,1-3H3,(H,22,23)(H,19,20,21). The number of nitrogens with zero attached hydrogens (tertiary/aromatic N) is 2. The molecule has 0 fully saturated rings. The summed E-state index contributed by atoms with van der Waals surface area (Å²) in [5, 5.41) is 6.09. The fourth-order valence-electron chi connectivity index (χ4n) is 2.23. The van der Waals surface area contributed by atoms with Gasteiger partial charge in [0.1, 0.15) is 0 Å². The van der Waals surface area contributed by atoms with Gasteiger partial charge in [0.2, 0.25) is 11.9 Å². The predicted octanol–water partition coefficient (Wildman–Crippen LogP) is 4.00. The van der Waals surface area contributed by atoms with E-state index in [1.54, 1.807) is 0 Å². The lowest BCUT2D eigenvalue weighted by molar-refractivity contribution is -0.116. The first kappa shape index (κ1) is 17.4. The molecule has 0 saturated heterocycles. The van der Waals surface area contributed by atoms with E-state index in [0.717, 1.165) is 33.5 Å². The number of halogens is 1. The molecular formula is C17H21BrN4O. The molecule has 2 aromatic rings. The molecule has 1 amide bonds. The Kier molecular flexibility index (Phi) is 6.10. The van der Waals surface area contributed by atoms with Crippen molar-refractivity contribution < 1.29 is 4.79 Å². The average Bonchev–Trinajstić information content (AvgIpc) is 2.46. The Bertz CT molecular complexity index is 683. The van der Waals surface area contributed by atoms with Gasteiger partial charge in [0.25, 0.3) is 0 Å². The third-order valence-corrected chi connectivity index (χ3v) is 3.80. The van der Waals surface area contributed by atoms with Crippen molar-refractivity contribution in [3.63, 3.8) is 0 Å². The van der Waals surface area contributed by atoms with E-state index in [-0.39, 0.29) is 5.91 Å². The van der Waals surface area contributed by atoms with Crippen molar-refractivity contribution in [3.8, 4) is 0 Å². The number of nitrogens with one attached hydrogen (secondary N) is 2. The maximum atomic E-state index is 12.0. The highest BCUT2D eigenvalue weighted by Gasteiger charge is 2.05. The van der Waals surface area contributed by atoms with Crippen molar-refractivity contribution in [2.75, 3.05) is 17.2 Å². The molecule has 0 bridgehead atoms. The predicted molar refractivity (Wildman–Crippen MR) is 96.7 cm³/mol. The van der Waals surface area contributed by atoms with Crippen LogP contribution in [0.4, 0.5) is 11.6 Å². The zero-order valence-electron chi connectivity index (χ0n) is 13.6. The van der Waals surface area contributed by atoms with E-state index in [9.17, 15) is 4.79 Å². The second kappa shape index (κ2) is 8.06. The number of hydrogen-bond acceptors (Lipinski definition) is 4. The van der Waals surface area contributed by atoms with E-state index in [1.807, 2.05) is 45.0 Å².